The van der Waals surface area contributed by atoms with Crippen LogP contribution in [-0.2, 0) is 0 Å². The lowest BCUT2D eigenvalue weighted by Crippen LogP contribution is -2.05. The fourth-order valence-corrected chi connectivity index (χ4v) is 1.50. The van der Waals surface area contributed by atoms with Gasteiger partial charge in [-0.2, -0.15) is 0 Å². The summed E-state index contributed by atoms with van der Waals surface area (Å²) in [6.45, 7) is 0. The van der Waals surface area contributed by atoms with Crippen molar-refractivity contribution in [2.75, 3.05) is 0 Å². The van der Waals surface area contributed by atoms with Gasteiger partial charge in [0.05, 0.1) is 0 Å². The zero-order valence-electron chi connectivity index (χ0n) is 9.69. The normalized spacial score (nSPS) is 10.8. The van der Waals surface area contributed by atoms with Crippen molar-refractivity contribution in [1.82, 2.24) is 4.98 Å². The smallest absolute Gasteiger partial charge is 0.247 e. The van der Waals surface area contributed by atoms with E-state index in [1.807, 2.05) is 0 Å². The molecule has 96 valence electrons. The van der Waals surface area contributed by atoms with Gasteiger partial charge in [-0.15, -0.1) is 0 Å². The van der Waals surface area contributed by atoms with Gasteiger partial charge in [0.15, 0.2) is 5.78 Å². The van der Waals surface area contributed by atoms with Crippen molar-refractivity contribution in [3.05, 3.63) is 75.7 Å². The third-order valence-corrected chi connectivity index (χ3v) is 2.38. The molecular weight excluding hydrogens is 252 g/mol. The quantitative estimate of drug-likeness (QED) is 0.682. The molecule has 0 aliphatic rings. The van der Waals surface area contributed by atoms with E-state index in [2.05, 4.69) is 4.98 Å². The van der Waals surface area contributed by atoms with Gasteiger partial charge < -0.3 is 4.98 Å². The molecule has 0 amide bonds. The van der Waals surface area contributed by atoms with Crippen molar-refractivity contribution in [3.8, 4) is 0 Å². The molecule has 19 heavy (non-hydrogen) atoms. The van der Waals surface area contributed by atoms with E-state index >= 15 is 0 Å². The summed E-state index contributed by atoms with van der Waals surface area (Å²) in [6.07, 6.45) is 3.77. The van der Waals surface area contributed by atoms with Gasteiger partial charge in [0.25, 0.3) is 0 Å². The predicted molar refractivity (Wildman–Crippen MR) is 66.8 cm³/mol. The van der Waals surface area contributed by atoms with Gasteiger partial charge in [-0.05, 0) is 29.8 Å². The number of carbonyl (C=O) groups is 1. The largest absolute Gasteiger partial charge is 0.328 e. The van der Waals surface area contributed by atoms with Crippen molar-refractivity contribution in [2.24, 2.45) is 0 Å². The molecule has 0 radical (unpaired) electrons. The molecule has 0 unspecified atom stereocenters. The number of aromatic amines is 1. The molecule has 2 rings (SSSR count). The van der Waals surface area contributed by atoms with Crippen LogP contribution in [0, 0.1) is 11.6 Å². The molecule has 1 aromatic heterocycles. The Balaban J connectivity index is 2.20. The van der Waals surface area contributed by atoms with Crippen molar-refractivity contribution >= 4 is 11.9 Å². The molecule has 0 saturated heterocycles. The van der Waals surface area contributed by atoms with Crippen LogP contribution in [0.25, 0.3) is 6.08 Å². The van der Waals surface area contributed by atoms with Crippen molar-refractivity contribution < 1.29 is 13.6 Å². The second-order valence-electron chi connectivity index (χ2n) is 3.84. The second kappa shape index (κ2) is 5.39. The average Bonchev–Trinajstić information content (AvgIpc) is 2.36. The molecule has 0 bridgehead atoms. The van der Waals surface area contributed by atoms with E-state index in [0.29, 0.717) is 0 Å². The number of hydrogen-bond acceptors (Lipinski definition) is 2. The molecule has 0 aliphatic carbocycles. The van der Waals surface area contributed by atoms with E-state index in [1.54, 1.807) is 0 Å². The van der Waals surface area contributed by atoms with E-state index in [-0.39, 0.29) is 22.5 Å². The number of hydrogen-bond donors (Lipinski definition) is 1. The first kappa shape index (κ1) is 12.9. The Labute approximate surface area is 107 Å². The lowest BCUT2D eigenvalue weighted by Gasteiger charge is -1.96. The highest BCUT2D eigenvalue weighted by Crippen LogP contribution is 2.10. The molecule has 1 aromatic carbocycles. The van der Waals surface area contributed by atoms with Gasteiger partial charge in [0.2, 0.25) is 5.56 Å². The number of pyridine rings is 1. The van der Waals surface area contributed by atoms with Crippen LogP contribution in [0.5, 0.6) is 0 Å². The standard InChI is InChI=1S/C14H9F2NO2/c15-11-5-9(6-12(16)7-11)1-3-13(18)10-2-4-14(19)17-8-10/h1-8H,(H,17,19). The number of halogens is 2. The fraction of sp³-hybridized carbons (Fsp3) is 0. The minimum Gasteiger partial charge on any atom is -0.328 e. The first-order chi connectivity index (χ1) is 9.04. The van der Waals surface area contributed by atoms with Gasteiger partial charge in [-0.3, -0.25) is 9.59 Å². The summed E-state index contributed by atoms with van der Waals surface area (Å²) in [5.74, 6) is -1.80. The minimum absolute atomic E-state index is 0.246. The number of rotatable bonds is 3. The summed E-state index contributed by atoms with van der Waals surface area (Å²) in [4.78, 5) is 24.9. The van der Waals surface area contributed by atoms with Crippen molar-refractivity contribution in [2.45, 2.75) is 0 Å². The number of benzene rings is 1. The second-order valence-corrected chi connectivity index (χ2v) is 3.84. The number of nitrogens with one attached hydrogen (secondary N) is 1. The van der Waals surface area contributed by atoms with Crippen molar-refractivity contribution in [1.29, 1.82) is 0 Å². The topological polar surface area (TPSA) is 49.9 Å². The summed E-state index contributed by atoms with van der Waals surface area (Å²) >= 11 is 0. The Bertz CT molecular complexity index is 664. The Kier molecular flexibility index (Phi) is 3.66. The number of H-pyrrole nitrogens is 1. The average molecular weight is 261 g/mol. The Morgan fingerprint density at radius 1 is 1.11 bits per heavy atom. The van der Waals surface area contributed by atoms with Crippen LogP contribution < -0.4 is 5.56 Å². The summed E-state index contributed by atoms with van der Waals surface area (Å²) < 4.78 is 25.8. The highest BCUT2D eigenvalue weighted by atomic mass is 19.1. The number of allylic oxidation sites excluding steroid dienone is 1. The molecule has 0 atom stereocenters. The maximum Gasteiger partial charge on any atom is 0.247 e. The molecule has 2 aromatic rings. The molecule has 5 heteroatoms. The molecule has 0 aliphatic heterocycles. The predicted octanol–water partition coefficient (Wildman–Crippen LogP) is 2.55. The zero-order chi connectivity index (χ0) is 13.8. The lowest BCUT2D eigenvalue weighted by atomic mass is 10.1. The first-order valence-electron chi connectivity index (χ1n) is 5.42. The zero-order valence-corrected chi connectivity index (χ0v) is 9.69. The number of carbonyl (C=O) groups excluding carboxylic acids is 1. The Morgan fingerprint density at radius 3 is 2.37 bits per heavy atom. The first-order valence-corrected chi connectivity index (χ1v) is 5.42. The Morgan fingerprint density at radius 2 is 1.79 bits per heavy atom. The van der Waals surface area contributed by atoms with Crippen LogP contribution in [0.1, 0.15) is 15.9 Å². The highest BCUT2D eigenvalue weighted by molar-refractivity contribution is 6.06. The molecule has 0 saturated carbocycles. The van der Waals surface area contributed by atoms with E-state index < -0.39 is 11.6 Å². The van der Waals surface area contributed by atoms with Crippen LogP contribution in [-0.4, -0.2) is 10.8 Å². The van der Waals surface area contributed by atoms with E-state index in [0.717, 1.165) is 18.2 Å². The van der Waals surface area contributed by atoms with Gasteiger partial charge >= 0.3 is 0 Å². The molecule has 0 fully saturated rings. The summed E-state index contributed by atoms with van der Waals surface area (Å²) in [5, 5.41) is 0. The molecule has 1 heterocycles. The fourth-order valence-electron chi connectivity index (χ4n) is 1.50. The van der Waals surface area contributed by atoms with Crippen LogP contribution in [0.3, 0.4) is 0 Å². The molecule has 1 N–H and O–H groups in total. The van der Waals surface area contributed by atoms with Crippen LogP contribution in [0.15, 0.2) is 47.4 Å². The summed E-state index contributed by atoms with van der Waals surface area (Å²) in [5.41, 5.74) is 0.218. The van der Waals surface area contributed by atoms with Crippen LogP contribution in [0.2, 0.25) is 0 Å². The van der Waals surface area contributed by atoms with Crippen LogP contribution >= 0.6 is 0 Å². The maximum atomic E-state index is 12.9. The summed E-state index contributed by atoms with van der Waals surface area (Å²) in [7, 11) is 0. The molecular formula is C14H9F2NO2. The van der Waals surface area contributed by atoms with E-state index in [4.69, 9.17) is 0 Å². The maximum absolute atomic E-state index is 12.9. The number of ketones is 1. The highest BCUT2D eigenvalue weighted by Gasteiger charge is 2.02. The van der Waals surface area contributed by atoms with Crippen molar-refractivity contribution in [3.63, 3.8) is 0 Å². The SMILES string of the molecule is O=C(C=Cc1cc(F)cc(F)c1)c1ccc(=O)[nH]c1. The van der Waals surface area contributed by atoms with Gasteiger partial charge in [0.1, 0.15) is 11.6 Å². The van der Waals surface area contributed by atoms with Gasteiger partial charge in [-0.25, -0.2) is 8.78 Å². The van der Waals surface area contributed by atoms with Gasteiger partial charge in [0, 0.05) is 23.9 Å². The van der Waals surface area contributed by atoms with Crippen LogP contribution in [0.4, 0.5) is 8.78 Å². The van der Waals surface area contributed by atoms with E-state index in [1.165, 1.54) is 30.5 Å². The third kappa shape index (κ3) is 3.45. The minimum atomic E-state index is -0.712. The molecule has 3 nitrogen and oxygen atoms in total. The summed E-state index contributed by atoms with van der Waals surface area (Å²) in [6, 6.07) is 5.57. The molecule has 0 spiro atoms. The Hall–Kier alpha value is -2.56. The lowest BCUT2D eigenvalue weighted by molar-refractivity contribution is 0.104. The third-order valence-electron chi connectivity index (χ3n) is 2.38. The number of aromatic nitrogens is 1. The van der Waals surface area contributed by atoms with E-state index in [9.17, 15) is 18.4 Å². The van der Waals surface area contributed by atoms with Gasteiger partial charge in [-0.1, -0.05) is 6.08 Å². The monoisotopic (exact) mass is 261 g/mol.